The van der Waals surface area contributed by atoms with Crippen LogP contribution in [0, 0.1) is 0 Å². The molecule has 31 heavy (non-hydrogen) atoms. The second kappa shape index (κ2) is 9.63. The summed E-state index contributed by atoms with van der Waals surface area (Å²) >= 11 is 5.87. The molecule has 1 aliphatic rings. The van der Waals surface area contributed by atoms with E-state index in [0.29, 0.717) is 36.9 Å². The van der Waals surface area contributed by atoms with Crippen molar-refractivity contribution in [3.63, 3.8) is 0 Å². The first-order valence-electron chi connectivity index (χ1n) is 9.71. The van der Waals surface area contributed by atoms with Gasteiger partial charge in [-0.3, -0.25) is 9.59 Å². The summed E-state index contributed by atoms with van der Waals surface area (Å²) in [6.45, 7) is 4.99. The third kappa shape index (κ3) is 5.93. The van der Waals surface area contributed by atoms with Crippen LogP contribution in [0.15, 0.2) is 47.5 Å². The van der Waals surface area contributed by atoms with Crippen molar-refractivity contribution in [1.29, 1.82) is 0 Å². The Bertz CT molecular complexity index is 1040. The fourth-order valence-corrected chi connectivity index (χ4v) is 4.57. The first-order valence-corrected chi connectivity index (χ1v) is 11.6. The van der Waals surface area contributed by atoms with E-state index in [9.17, 15) is 18.0 Å². The normalized spacial score (nSPS) is 15.5. The van der Waals surface area contributed by atoms with Crippen LogP contribution in [0.25, 0.3) is 0 Å². The van der Waals surface area contributed by atoms with E-state index >= 15 is 0 Å². The zero-order valence-electron chi connectivity index (χ0n) is 17.2. The summed E-state index contributed by atoms with van der Waals surface area (Å²) in [7, 11) is -3.89. The van der Waals surface area contributed by atoms with E-state index in [0.717, 1.165) is 5.82 Å². The number of rotatable bonds is 6. The first kappa shape index (κ1) is 23.0. The summed E-state index contributed by atoms with van der Waals surface area (Å²) in [5.74, 6) is 0.245. The van der Waals surface area contributed by atoms with Crippen LogP contribution in [0.2, 0.25) is 5.02 Å². The number of nitrogens with one attached hydrogen (secondary N) is 2. The Labute approximate surface area is 186 Å². The molecule has 2 N–H and O–H groups in total. The molecule has 2 heterocycles. The number of amides is 2. The van der Waals surface area contributed by atoms with Crippen molar-refractivity contribution in [1.82, 2.24) is 14.6 Å². The molecule has 0 radical (unpaired) electrons. The molecular weight excluding hydrogens is 442 g/mol. The average molecular weight is 466 g/mol. The molecule has 1 aromatic heterocycles. The average Bonchev–Trinajstić information content (AvgIpc) is 2.73. The van der Waals surface area contributed by atoms with Gasteiger partial charge in [-0.05, 0) is 43.3 Å². The van der Waals surface area contributed by atoms with Gasteiger partial charge >= 0.3 is 0 Å². The third-order valence-electron chi connectivity index (χ3n) is 4.81. The molecule has 2 amide bonds. The lowest BCUT2D eigenvalue weighted by atomic mass is 10.2. The summed E-state index contributed by atoms with van der Waals surface area (Å²) in [6, 6.07) is 8.42. The highest BCUT2D eigenvalue weighted by atomic mass is 35.5. The number of sulfonamides is 1. The molecule has 0 spiro atoms. The second-order valence-corrected chi connectivity index (χ2v) is 9.35. The smallest absolute Gasteiger partial charge is 0.241 e. The fourth-order valence-electron chi connectivity index (χ4n) is 3.26. The van der Waals surface area contributed by atoms with Gasteiger partial charge in [-0.1, -0.05) is 11.6 Å². The van der Waals surface area contributed by atoms with Crippen molar-refractivity contribution >= 4 is 44.9 Å². The standard InChI is InChI=1S/C20H24ClN5O4S/c1-14(24-31(29,30)18-6-4-17(5-7-18)23-15(2)27)20(28)26-11-9-25(10-12-26)19-8-3-16(21)13-22-19/h3-8,13-14,24H,9-12H2,1-2H3,(H,23,27)/t14-/m0/s1. The molecule has 166 valence electrons. The zero-order chi connectivity index (χ0) is 22.6. The third-order valence-corrected chi connectivity index (χ3v) is 6.59. The van der Waals surface area contributed by atoms with Crippen LogP contribution in [0.3, 0.4) is 0 Å². The second-order valence-electron chi connectivity index (χ2n) is 7.20. The highest BCUT2D eigenvalue weighted by Crippen LogP contribution is 2.17. The molecule has 1 fully saturated rings. The number of pyridine rings is 1. The molecular formula is C20H24ClN5O4S. The number of nitrogens with zero attached hydrogens (tertiary/aromatic N) is 3. The van der Waals surface area contributed by atoms with Crippen molar-refractivity contribution in [2.24, 2.45) is 0 Å². The summed E-state index contributed by atoms with van der Waals surface area (Å²) in [4.78, 5) is 31.8. The Kier molecular flexibility index (Phi) is 7.14. The summed E-state index contributed by atoms with van der Waals surface area (Å²) in [6.07, 6.45) is 1.58. The van der Waals surface area contributed by atoms with Gasteiger partial charge in [0.15, 0.2) is 0 Å². The van der Waals surface area contributed by atoms with Crippen molar-refractivity contribution < 1.29 is 18.0 Å². The molecule has 0 unspecified atom stereocenters. The van der Waals surface area contributed by atoms with Crippen LogP contribution < -0.4 is 14.9 Å². The van der Waals surface area contributed by atoms with Gasteiger partial charge in [0.05, 0.1) is 16.0 Å². The number of carbonyl (C=O) groups excluding carboxylic acids is 2. The summed E-state index contributed by atoms with van der Waals surface area (Å²) in [5.41, 5.74) is 0.489. The number of anilines is 2. The number of carbonyl (C=O) groups is 2. The lowest BCUT2D eigenvalue weighted by Gasteiger charge is -2.36. The molecule has 11 heteroatoms. The van der Waals surface area contributed by atoms with Crippen LogP contribution in [0.1, 0.15) is 13.8 Å². The van der Waals surface area contributed by atoms with Crippen LogP contribution in [-0.2, 0) is 19.6 Å². The highest BCUT2D eigenvalue weighted by Gasteiger charge is 2.28. The monoisotopic (exact) mass is 465 g/mol. The maximum Gasteiger partial charge on any atom is 0.241 e. The van der Waals surface area contributed by atoms with Crippen LogP contribution in [0.4, 0.5) is 11.5 Å². The van der Waals surface area contributed by atoms with Gasteiger partial charge in [0.25, 0.3) is 0 Å². The minimum Gasteiger partial charge on any atom is -0.353 e. The molecule has 3 rings (SSSR count). The lowest BCUT2D eigenvalue weighted by Crippen LogP contribution is -2.54. The number of piperazine rings is 1. The molecule has 0 bridgehead atoms. The van der Waals surface area contributed by atoms with Gasteiger partial charge in [-0.15, -0.1) is 0 Å². The van der Waals surface area contributed by atoms with Crippen molar-refractivity contribution in [3.05, 3.63) is 47.6 Å². The maximum absolute atomic E-state index is 12.8. The first-order chi connectivity index (χ1) is 14.7. The van der Waals surface area contributed by atoms with E-state index < -0.39 is 16.1 Å². The summed E-state index contributed by atoms with van der Waals surface area (Å²) in [5, 5.41) is 3.13. The highest BCUT2D eigenvalue weighted by molar-refractivity contribution is 7.89. The number of hydrogen-bond acceptors (Lipinski definition) is 6. The zero-order valence-corrected chi connectivity index (χ0v) is 18.8. The number of halogens is 1. The quantitative estimate of drug-likeness (QED) is 0.671. The molecule has 0 saturated carbocycles. The summed E-state index contributed by atoms with van der Waals surface area (Å²) < 4.78 is 27.7. The van der Waals surface area contributed by atoms with E-state index in [1.807, 2.05) is 11.0 Å². The van der Waals surface area contributed by atoms with Crippen molar-refractivity contribution in [3.8, 4) is 0 Å². The maximum atomic E-state index is 12.8. The molecule has 1 aliphatic heterocycles. The Morgan fingerprint density at radius 2 is 1.71 bits per heavy atom. The minimum atomic E-state index is -3.89. The van der Waals surface area contributed by atoms with Crippen LogP contribution in [0.5, 0.6) is 0 Å². The largest absolute Gasteiger partial charge is 0.353 e. The Morgan fingerprint density at radius 1 is 1.06 bits per heavy atom. The van der Waals surface area contributed by atoms with E-state index in [-0.39, 0.29) is 16.7 Å². The molecule has 2 aromatic rings. The van der Waals surface area contributed by atoms with E-state index in [1.165, 1.54) is 38.1 Å². The van der Waals surface area contributed by atoms with Gasteiger partial charge in [0.1, 0.15) is 5.82 Å². The number of benzene rings is 1. The minimum absolute atomic E-state index is 0.0138. The molecule has 9 nitrogen and oxygen atoms in total. The molecule has 1 aromatic carbocycles. The van der Waals surface area contributed by atoms with Crippen LogP contribution >= 0.6 is 11.6 Å². The van der Waals surface area contributed by atoms with Gasteiger partial charge in [0.2, 0.25) is 21.8 Å². The molecule has 1 atom stereocenters. The Hall–Kier alpha value is -2.69. The van der Waals surface area contributed by atoms with Gasteiger partial charge in [0, 0.05) is 45.0 Å². The number of hydrogen-bond donors (Lipinski definition) is 2. The topological polar surface area (TPSA) is 112 Å². The number of aromatic nitrogens is 1. The van der Waals surface area contributed by atoms with E-state index in [1.54, 1.807) is 17.2 Å². The fraction of sp³-hybridized carbons (Fsp3) is 0.350. The molecule has 0 aliphatic carbocycles. The predicted molar refractivity (Wildman–Crippen MR) is 119 cm³/mol. The van der Waals surface area contributed by atoms with E-state index in [2.05, 4.69) is 15.0 Å². The SMILES string of the molecule is CC(=O)Nc1ccc(S(=O)(=O)N[C@@H](C)C(=O)N2CCN(c3ccc(Cl)cn3)CC2)cc1. The Balaban J connectivity index is 1.57. The predicted octanol–water partition coefficient (Wildman–Crippen LogP) is 1.71. The van der Waals surface area contributed by atoms with E-state index in [4.69, 9.17) is 11.6 Å². The van der Waals surface area contributed by atoms with Gasteiger partial charge in [-0.25, -0.2) is 13.4 Å². The molecule has 1 saturated heterocycles. The van der Waals surface area contributed by atoms with Gasteiger partial charge in [-0.2, -0.15) is 4.72 Å². The Morgan fingerprint density at radius 3 is 2.26 bits per heavy atom. The lowest BCUT2D eigenvalue weighted by molar-refractivity contribution is -0.132. The van der Waals surface area contributed by atoms with Crippen molar-refractivity contribution in [2.45, 2.75) is 24.8 Å². The van der Waals surface area contributed by atoms with Crippen LogP contribution in [-0.4, -0.2) is 62.3 Å². The van der Waals surface area contributed by atoms with Gasteiger partial charge < -0.3 is 15.1 Å². The van der Waals surface area contributed by atoms with Crippen molar-refractivity contribution in [2.75, 3.05) is 36.4 Å².